The molecule has 2 aliphatic rings. The average Bonchev–Trinajstić information content (AvgIpc) is 2.93. The molecule has 37 heavy (non-hydrogen) atoms. The van der Waals surface area contributed by atoms with Crippen molar-refractivity contribution in [2.75, 3.05) is 0 Å². The lowest BCUT2D eigenvalue weighted by Crippen LogP contribution is -2.26. The first-order valence-corrected chi connectivity index (χ1v) is 13.1. The lowest BCUT2D eigenvalue weighted by molar-refractivity contribution is 0.0736. The highest BCUT2D eigenvalue weighted by Crippen LogP contribution is 2.34. The van der Waals surface area contributed by atoms with E-state index in [1.54, 1.807) is 30.3 Å². The van der Waals surface area contributed by atoms with Crippen molar-refractivity contribution in [3.63, 3.8) is 0 Å². The van der Waals surface area contributed by atoms with Crippen molar-refractivity contribution >= 4 is 40.9 Å². The largest absolute Gasteiger partial charge is 0.453 e. The van der Waals surface area contributed by atoms with Gasteiger partial charge in [-0.05, 0) is 54.2 Å². The number of nitrogens with zero attached hydrogens (tertiary/aromatic N) is 1. The van der Waals surface area contributed by atoms with Crippen molar-refractivity contribution in [3.05, 3.63) is 137 Å². The molecule has 0 N–H and O–H groups in total. The average molecular weight is 501 g/mol. The number of fused-ring (bicyclic) bond motifs is 2. The Morgan fingerprint density at radius 1 is 0.730 bits per heavy atom. The number of hydrogen-bond acceptors (Lipinski definition) is 5. The van der Waals surface area contributed by atoms with Gasteiger partial charge in [-0.1, -0.05) is 78.9 Å². The molecule has 0 atom stereocenters. The van der Waals surface area contributed by atoms with Gasteiger partial charge in [0.15, 0.2) is 16.8 Å². The molecule has 1 heterocycles. The molecule has 0 unspecified atom stereocenters. The van der Waals surface area contributed by atoms with Crippen LogP contribution >= 0.6 is 7.92 Å². The highest BCUT2D eigenvalue weighted by Gasteiger charge is 2.23. The second-order valence-corrected chi connectivity index (χ2v) is 10.6. The topological polar surface area (TPSA) is 69.4 Å². The van der Waals surface area contributed by atoms with Crippen molar-refractivity contribution in [2.24, 2.45) is 0 Å². The highest BCUT2D eigenvalue weighted by atomic mass is 31.1. The Bertz CT molecular complexity index is 1710. The summed E-state index contributed by atoms with van der Waals surface area (Å²) in [5.41, 5.74) is 1.95. The van der Waals surface area contributed by atoms with E-state index in [9.17, 15) is 9.59 Å². The normalized spacial score (nSPS) is 11.2. The van der Waals surface area contributed by atoms with Crippen molar-refractivity contribution in [1.29, 1.82) is 0 Å². The Morgan fingerprint density at radius 2 is 1.41 bits per heavy atom. The summed E-state index contributed by atoms with van der Waals surface area (Å²) in [7, 11) is -0.984. The summed E-state index contributed by atoms with van der Waals surface area (Å²) in [6.07, 6.45) is 0. The number of carbonyl (C=O) groups is 1. The van der Waals surface area contributed by atoms with Gasteiger partial charge in [-0.2, -0.15) is 0 Å². The predicted molar refractivity (Wildman–Crippen MR) is 147 cm³/mol. The zero-order valence-electron chi connectivity index (χ0n) is 19.6. The fourth-order valence-corrected chi connectivity index (χ4v) is 6.67. The molecule has 5 nitrogen and oxygen atoms in total. The van der Waals surface area contributed by atoms with E-state index in [1.807, 2.05) is 54.6 Å². The molecule has 0 saturated carbocycles. The minimum atomic E-state index is -0.984. The Morgan fingerprint density at radius 3 is 2.14 bits per heavy atom. The van der Waals surface area contributed by atoms with Crippen LogP contribution in [0.25, 0.3) is 22.6 Å². The molecule has 0 bridgehead atoms. The third-order valence-electron chi connectivity index (χ3n) is 5.93. The molecule has 6 rings (SSSR count). The molecule has 4 aromatic rings. The van der Waals surface area contributed by atoms with E-state index in [0.29, 0.717) is 33.9 Å². The molecular weight excluding hydrogens is 481 g/mol. The maximum Gasteiger partial charge on any atom is 0.344 e. The number of esters is 1. The maximum absolute atomic E-state index is 13.5. The zero-order chi connectivity index (χ0) is 25.2. The third kappa shape index (κ3) is 4.65. The maximum atomic E-state index is 13.5. The van der Waals surface area contributed by atoms with Crippen LogP contribution in [0.5, 0.6) is 5.75 Å². The summed E-state index contributed by atoms with van der Waals surface area (Å²) in [4.78, 5) is 29.8. The molecule has 4 aromatic carbocycles. The molecule has 0 amide bonds. The summed E-state index contributed by atoms with van der Waals surface area (Å²) in [6.45, 7) is 0. The van der Waals surface area contributed by atoms with E-state index in [1.165, 1.54) is 12.1 Å². The minimum absolute atomic E-state index is 0.162. The van der Waals surface area contributed by atoms with Gasteiger partial charge in [0.2, 0.25) is 0 Å². The Labute approximate surface area is 214 Å². The minimum Gasteiger partial charge on any atom is -0.453 e. The van der Waals surface area contributed by atoms with Crippen LogP contribution in [0.1, 0.15) is 10.4 Å². The Kier molecular flexibility index (Phi) is 6.05. The van der Waals surface area contributed by atoms with Crippen LogP contribution in [-0.4, -0.2) is 11.0 Å². The molecule has 0 spiro atoms. The Hall–Kier alpha value is -4.60. The van der Waals surface area contributed by atoms with Crippen LogP contribution in [0, 0.1) is 0 Å². The molecule has 178 valence electrons. The number of carbonyl (C=O) groups excluding carboxylic acids is 1. The van der Waals surface area contributed by atoms with E-state index < -0.39 is 13.9 Å². The third-order valence-corrected chi connectivity index (χ3v) is 8.43. The summed E-state index contributed by atoms with van der Waals surface area (Å²) >= 11 is 0. The van der Waals surface area contributed by atoms with Gasteiger partial charge in [-0.25, -0.2) is 9.78 Å². The first-order valence-electron chi connectivity index (χ1n) is 11.7. The lowest BCUT2D eigenvalue weighted by Gasteiger charge is -2.21. The number of aromatic nitrogens is 1. The smallest absolute Gasteiger partial charge is 0.344 e. The van der Waals surface area contributed by atoms with Gasteiger partial charge in [0.05, 0.1) is 5.56 Å². The molecule has 0 aromatic heterocycles. The van der Waals surface area contributed by atoms with Crippen LogP contribution in [0.4, 0.5) is 0 Å². The van der Waals surface area contributed by atoms with Crippen LogP contribution < -0.4 is 26.1 Å². The van der Waals surface area contributed by atoms with Gasteiger partial charge in [0.1, 0.15) is 17.0 Å². The van der Waals surface area contributed by atoms with Gasteiger partial charge < -0.3 is 9.15 Å². The number of rotatable bonds is 5. The summed E-state index contributed by atoms with van der Waals surface area (Å²) in [6, 6.07) is 37.5. The first kappa shape index (κ1) is 22.8. The molecule has 0 saturated heterocycles. The standard InChI is InChI=1S/C31H20NO4P/c33-21-15-17-26-28(19-21)36-29-20-22(16-18-27(29)32-26)35-31(34)25-13-7-8-14-30(25)37(23-9-3-1-4-10-23)24-11-5-2-6-12-24/h1-20H. The summed E-state index contributed by atoms with van der Waals surface area (Å²) in [5, 5.41) is 3.20. The zero-order valence-corrected chi connectivity index (χ0v) is 20.5. The van der Waals surface area contributed by atoms with Crippen LogP contribution in [0.3, 0.4) is 0 Å². The van der Waals surface area contributed by atoms with Crippen LogP contribution in [-0.2, 0) is 0 Å². The molecule has 1 aliphatic heterocycles. The first-order chi connectivity index (χ1) is 18.2. The van der Waals surface area contributed by atoms with Crippen LogP contribution in [0.2, 0.25) is 0 Å². The number of hydrogen-bond donors (Lipinski definition) is 0. The summed E-state index contributed by atoms with van der Waals surface area (Å²) in [5.74, 6) is 0.259. The fraction of sp³-hybridized carbons (Fsp3) is 0. The van der Waals surface area contributed by atoms with Crippen molar-refractivity contribution < 1.29 is 13.9 Å². The van der Waals surface area contributed by atoms with E-state index in [2.05, 4.69) is 29.2 Å². The summed E-state index contributed by atoms with van der Waals surface area (Å²) < 4.78 is 11.7. The second-order valence-electron chi connectivity index (χ2n) is 8.39. The van der Waals surface area contributed by atoms with E-state index in [-0.39, 0.29) is 5.43 Å². The van der Waals surface area contributed by atoms with Crippen molar-refractivity contribution in [3.8, 4) is 17.2 Å². The van der Waals surface area contributed by atoms with Gasteiger partial charge in [0.25, 0.3) is 0 Å². The van der Waals surface area contributed by atoms with Gasteiger partial charge in [-0.3, -0.25) is 4.79 Å². The lowest BCUT2D eigenvalue weighted by atomic mass is 10.2. The Balaban J connectivity index is 1.38. The fourth-order valence-electron chi connectivity index (χ4n) is 4.23. The quantitative estimate of drug-likeness (QED) is 0.139. The second kappa shape index (κ2) is 9.81. The van der Waals surface area contributed by atoms with Gasteiger partial charge in [-0.15, -0.1) is 0 Å². The van der Waals surface area contributed by atoms with Gasteiger partial charge in [0, 0.05) is 12.1 Å². The monoisotopic (exact) mass is 501 g/mol. The van der Waals surface area contributed by atoms with Crippen LogP contribution in [0.15, 0.2) is 131 Å². The van der Waals surface area contributed by atoms with E-state index >= 15 is 0 Å². The van der Waals surface area contributed by atoms with Crippen molar-refractivity contribution in [1.82, 2.24) is 4.98 Å². The predicted octanol–water partition coefficient (Wildman–Crippen LogP) is 5.27. The highest BCUT2D eigenvalue weighted by molar-refractivity contribution is 7.80. The van der Waals surface area contributed by atoms with Crippen molar-refractivity contribution in [2.45, 2.75) is 0 Å². The number of benzene rings is 5. The SMILES string of the molecule is O=C(Oc1ccc2nc3ccc(=O)cc-3oc2c1)c1ccccc1P(c1ccccc1)c1ccccc1. The molecule has 6 heteroatoms. The van der Waals surface area contributed by atoms with Gasteiger partial charge >= 0.3 is 5.97 Å². The molecule has 1 aliphatic carbocycles. The molecular formula is C31H20NO4P. The van der Waals surface area contributed by atoms with E-state index in [0.717, 1.165) is 15.9 Å². The number of ether oxygens (including phenoxy) is 1. The van der Waals surface area contributed by atoms with E-state index in [4.69, 9.17) is 9.15 Å². The molecule has 0 radical (unpaired) electrons. The molecule has 0 fully saturated rings.